The van der Waals surface area contributed by atoms with Gasteiger partial charge in [0.2, 0.25) is 0 Å². The zero-order chi connectivity index (χ0) is 15.8. The Bertz CT molecular complexity index is 481. The number of nitrogens with one attached hydrogen (secondary N) is 1. The second-order valence-corrected chi connectivity index (χ2v) is 4.64. The van der Waals surface area contributed by atoms with Gasteiger partial charge in [-0.25, -0.2) is 0 Å². The van der Waals surface area contributed by atoms with Crippen LogP contribution >= 0.6 is 11.6 Å². The third-order valence-corrected chi connectivity index (χ3v) is 3.01. The molecule has 0 heterocycles. The number of carbonyl (C=O) groups excluding carboxylic acids is 1. The molecule has 2 N–H and O–H groups in total. The molecule has 0 amide bonds. The monoisotopic (exact) mass is 317 g/mol. The highest BCUT2D eigenvalue weighted by Gasteiger charge is 2.14. The predicted molar refractivity (Wildman–Crippen MR) is 80.3 cm³/mol. The summed E-state index contributed by atoms with van der Waals surface area (Å²) in [6.07, 6.45) is -0.942. The van der Waals surface area contributed by atoms with Crippen molar-refractivity contribution in [2.45, 2.75) is 19.4 Å². The summed E-state index contributed by atoms with van der Waals surface area (Å²) in [5, 5.41) is 13.2. The number of anilines is 1. The first-order valence-electron chi connectivity index (χ1n) is 6.50. The van der Waals surface area contributed by atoms with E-state index in [-0.39, 0.29) is 13.0 Å². The number of carbonyl (C=O) groups is 1. The molecule has 21 heavy (non-hydrogen) atoms. The Morgan fingerprint density at radius 1 is 1.33 bits per heavy atom. The smallest absolute Gasteiger partial charge is 0.308 e. The van der Waals surface area contributed by atoms with E-state index in [1.54, 1.807) is 19.1 Å². The molecule has 0 bridgehead atoms. The minimum atomic E-state index is -0.866. The lowest BCUT2D eigenvalue weighted by Gasteiger charge is -2.16. The number of esters is 1. The Morgan fingerprint density at radius 3 is 2.57 bits per heavy atom. The van der Waals surface area contributed by atoms with Gasteiger partial charge in [0.1, 0.15) is 11.5 Å². The Labute approximate surface area is 129 Å². The summed E-state index contributed by atoms with van der Waals surface area (Å²) in [5.41, 5.74) is 0.603. The lowest BCUT2D eigenvalue weighted by Crippen LogP contribution is -2.24. The maximum absolute atomic E-state index is 11.3. The summed E-state index contributed by atoms with van der Waals surface area (Å²) in [7, 11) is 3.03. The van der Waals surface area contributed by atoms with Crippen LogP contribution in [0.3, 0.4) is 0 Å². The zero-order valence-corrected chi connectivity index (χ0v) is 13.1. The fourth-order valence-corrected chi connectivity index (χ4v) is 1.95. The van der Waals surface area contributed by atoms with Crippen LogP contribution in [0.5, 0.6) is 11.5 Å². The minimum Gasteiger partial charge on any atom is -0.495 e. The molecule has 0 spiro atoms. The SMILES string of the molecule is CCOC(=O)CC(O)CNc1cc(Cl)c(OC)cc1OC. The quantitative estimate of drug-likeness (QED) is 0.715. The molecule has 1 atom stereocenters. The zero-order valence-electron chi connectivity index (χ0n) is 12.3. The Hall–Kier alpha value is -1.66. The van der Waals surface area contributed by atoms with Gasteiger partial charge in [-0.2, -0.15) is 0 Å². The van der Waals surface area contributed by atoms with Crippen LogP contribution in [-0.4, -0.2) is 44.6 Å². The number of ether oxygens (including phenoxy) is 3. The van der Waals surface area contributed by atoms with E-state index in [9.17, 15) is 9.90 Å². The van der Waals surface area contributed by atoms with E-state index < -0.39 is 12.1 Å². The highest BCUT2D eigenvalue weighted by atomic mass is 35.5. The van der Waals surface area contributed by atoms with Crippen LogP contribution in [0.1, 0.15) is 13.3 Å². The Morgan fingerprint density at radius 2 is 2.00 bits per heavy atom. The van der Waals surface area contributed by atoms with Gasteiger partial charge >= 0.3 is 5.97 Å². The fourth-order valence-electron chi connectivity index (χ4n) is 1.71. The number of benzene rings is 1. The van der Waals surface area contributed by atoms with Gasteiger partial charge in [-0.1, -0.05) is 11.6 Å². The number of aliphatic hydroxyl groups excluding tert-OH is 1. The van der Waals surface area contributed by atoms with Gasteiger partial charge in [0, 0.05) is 12.6 Å². The van der Waals surface area contributed by atoms with Gasteiger partial charge in [-0.05, 0) is 13.0 Å². The van der Waals surface area contributed by atoms with Crippen molar-refractivity contribution in [2.75, 3.05) is 32.7 Å². The maximum Gasteiger partial charge on any atom is 0.308 e. The molecular formula is C14H20ClNO5. The van der Waals surface area contributed by atoms with Crippen LogP contribution in [-0.2, 0) is 9.53 Å². The van der Waals surface area contributed by atoms with Crippen molar-refractivity contribution in [2.24, 2.45) is 0 Å². The third kappa shape index (κ3) is 5.32. The Kier molecular flexibility index (Phi) is 7.11. The molecule has 1 aromatic carbocycles. The summed E-state index contributed by atoms with van der Waals surface area (Å²) in [5.74, 6) is 0.581. The van der Waals surface area contributed by atoms with Gasteiger partial charge in [-0.15, -0.1) is 0 Å². The van der Waals surface area contributed by atoms with Crippen LogP contribution < -0.4 is 14.8 Å². The van der Waals surface area contributed by atoms with Gasteiger partial charge in [0.05, 0.1) is 44.1 Å². The number of hydrogen-bond donors (Lipinski definition) is 2. The average molecular weight is 318 g/mol. The molecule has 1 aromatic rings. The van der Waals surface area contributed by atoms with E-state index in [2.05, 4.69) is 5.32 Å². The van der Waals surface area contributed by atoms with Crippen LogP contribution in [0.15, 0.2) is 12.1 Å². The van der Waals surface area contributed by atoms with Crippen molar-refractivity contribution >= 4 is 23.3 Å². The lowest BCUT2D eigenvalue weighted by molar-refractivity contribution is -0.145. The molecule has 7 heteroatoms. The second-order valence-electron chi connectivity index (χ2n) is 4.23. The summed E-state index contributed by atoms with van der Waals surface area (Å²) in [6, 6.07) is 3.28. The average Bonchev–Trinajstić information content (AvgIpc) is 2.45. The van der Waals surface area contributed by atoms with Crippen LogP contribution in [0, 0.1) is 0 Å². The van der Waals surface area contributed by atoms with Crippen molar-refractivity contribution in [3.63, 3.8) is 0 Å². The maximum atomic E-state index is 11.3. The highest BCUT2D eigenvalue weighted by Crippen LogP contribution is 2.35. The minimum absolute atomic E-state index is 0.0763. The molecule has 0 saturated heterocycles. The van der Waals surface area contributed by atoms with Crippen molar-refractivity contribution < 1.29 is 24.1 Å². The van der Waals surface area contributed by atoms with Crippen LogP contribution in [0.4, 0.5) is 5.69 Å². The van der Waals surface area contributed by atoms with Crippen molar-refractivity contribution in [1.29, 1.82) is 0 Å². The molecule has 0 aliphatic heterocycles. The number of halogens is 1. The summed E-state index contributed by atoms with van der Waals surface area (Å²) in [6.45, 7) is 2.17. The van der Waals surface area contributed by atoms with E-state index in [1.165, 1.54) is 14.2 Å². The van der Waals surface area contributed by atoms with E-state index in [0.717, 1.165) is 0 Å². The van der Waals surface area contributed by atoms with Crippen molar-refractivity contribution in [3.05, 3.63) is 17.2 Å². The molecule has 1 unspecified atom stereocenters. The van der Waals surface area contributed by atoms with Gasteiger partial charge < -0.3 is 24.6 Å². The molecule has 0 radical (unpaired) electrons. The predicted octanol–water partition coefficient (Wildman–Crippen LogP) is 2.08. The van der Waals surface area contributed by atoms with Gasteiger partial charge in [0.25, 0.3) is 0 Å². The first-order chi connectivity index (χ1) is 10.0. The van der Waals surface area contributed by atoms with E-state index in [0.29, 0.717) is 28.8 Å². The highest BCUT2D eigenvalue weighted by molar-refractivity contribution is 6.32. The first kappa shape index (κ1) is 17.4. The molecular weight excluding hydrogens is 298 g/mol. The van der Waals surface area contributed by atoms with Crippen molar-refractivity contribution in [3.8, 4) is 11.5 Å². The van der Waals surface area contributed by atoms with E-state index >= 15 is 0 Å². The Balaban J connectivity index is 2.66. The number of rotatable bonds is 8. The summed E-state index contributed by atoms with van der Waals surface area (Å²) >= 11 is 6.04. The van der Waals surface area contributed by atoms with Crippen molar-refractivity contribution in [1.82, 2.24) is 0 Å². The van der Waals surface area contributed by atoms with Crippen LogP contribution in [0.2, 0.25) is 5.02 Å². The first-order valence-corrected chi connectivity index (χ1v) is 6.88. The number of hydrogen-bond acceptors (Lipinski definition) is 6. The normalized spacial score (nSPS) is 11.7. The van der Waals surface area contributed by atoms with E-state index in [4.69, 9.17) is 25.8 Å². The molecule has 0 aliphatic rings. The van der Waals surface area contributed by atoms with Gasteiger partial charge in [-0.3, -0.25) is 4.79 Å². The molecule has 6 nitrogen and oxygen atoms in total. The lowest BCUT2D eigenvalue weighted by atomic mass is 10.2. The van der Waals surface area contributed by atoms with Gasteiger partial charge in [0.15, 0.2) is 0 Å². The van der Waals surface area contributed by atoms with E-state index in [1.807, 2.05) is 0 Å². The molecule has 0 saturated carbocycles. The third-order valence-electron chi connectivity index (χ3n) is 2.71. The topological polar surface area (TPSA) is 77.0 Å². The number of aliphatic hydroxyl groups is 1. The fraction of sp³-hybridized carbons (Fsp3) is 0.500. The molecule has 0 aliphatic carbocycles. The molecule has 1 rings (SSSR count). The van der Waals surface area contributed by atoms with Crippen LogP contribution in [0.25, 0.3) is 0 Å². The largest absolute Gasteiger partial charge is 0.495 e. The number of methoxy groups -OCH3 is 2. The molecule has 118 valence electrons. The standard InChI is InChI=1S/C14H20ClNO5/c1-4-21-14(18)5-9(17)8-16-11-6-10(15)12(19-2)7-13(11)20-3/h6-7,9,16-17H,4-5,8H2,1-3H3. The summed E-state index contributed by atoms with van der Waals surface area (Å²) in [4.78, 5) is 11.3. The molecule has 0 aromatic heterocycles. The molecule has 0 fully saturated rings. The second kappa shape index (κ2) is 8.59. The summed E-state index contributed by atoms with van der Waals surface area (Å²) < 4.78 is 15.1.